The van der Waals surface area contributed by atoms with Gasteiger partial charge in [-0.3, -0.25) is 0 Å². The average molecular weight is 271 g/mol. The van der Waals surface area contributed by atoms with Crippen LogP contribution < -0.4 is 5.32 Å². The van der Waals surface area contributed by atoms with Crippen molar-refractivity contribution in [3.63, 3.8) is 0 Å². The Balaban J connectivity index is 2.03. The van der Waals surface area contributed by atoms with E-state index in [0.29, 0.717) is 12.2 Å². The van der Waals surface area contributed by atoms with Crippen molar-refractivity contribution in [2.75, 3.05) is 16.8 Å². The molecule has 1 aliphatic heterocycles. The van der Waals surface area contributed by atoms with Crippen molar-refractivity contribution in [3.05, 3.63) is 18.1 Å². The summed E-state index contributed by atoms with van der Waals surface area (Å²) in [4.78, 5) is 18.2. The van der Waals surface area contributed by atoms with Crippen molar-refractivity contribution in [2.24, 2.45) is 0 Å². The van der Waals surface area contributed by atoms with E-state index >= 15 is 0 Å². The number of hydrogen-bond donors (Lipinski definition) is 2. The molecule has 7 nitrogen and oxygen atoms in total. The van der Waals surface area contributed by atoms with Crippen LogP contribution in [0.5, 0.6) is 0 Å². The first-order valence-electron chi connectivity index (χ1n) is 5.48. The summed E-state index contributed by atoms with van der Waals surface area (Å²) in [6.45, 7) is 0. The van der Waals surface area contributed by atoms with Crippen molar-refractivity contribution >= 4 is 21.6 Å². The number of aromatic carboxylic acids is 1. The number of carbonyl (C=O) groups is 1. The Morgan fingerprint density at radius 2 is 2.17 bits per heavy atom. The molecule has 98 valence electrons. The molecule has 0 radical (unpaired) electrons. The number of nitrogens with zero attached hydrogens (tertiary/aromatic N) is 2. The molecule has 2 heterocycles. The Labute approximate surface area is 104 Å². The molecule has 0 spiro atoms. The third-order valence-corrected chi connectivity index (χ3v) is 4.51. The molecule has 0 saturated carbocycles. The topological polar surface area (TPSA) is 109 Å². The van der Waals surface area contributed by atoms with Gasteiger partial charge in [-0.05, 0) is 12.8 Å². The van der Waals surface area contributed by atoms with E-state index in [1.54, 1.807) is 0 Å². The second-order valence-corrected chi connectivity index (χ2v) is 6.42. The Morgan fingerprint density at radius 1 is 1.39 bits per heavy atom. The Kier molecular flexibility index (Phi) is 3.46. The van der Waals surface area contributed by atoms with Crippen LogP contribution in [-0.2, 0) is 9.84 Å². The molecule has 1 aliphatic rings. The fraction of sp³-hybridized carbons (Fsp3) is 0.500. The van der Waals surface area contributed by atoms with Crippen LogP contribution in [0.25, 0.3) is 0 Å². The average Bonchev–Trinajstić information content (AvgIpc) is 2.28. The minimum Gasteiger partial charge on any atom is -0.476 e. The summed E-state index contributed by atoms with van der Waals surface area (Å²) in [6, 6.07) is -0.186. The first kappa shape index (κ1) is 12.7. The van der Waals surface area contributed by atoms with Crippen LogP contribution in [0.15, 0.2) is 12.4 Å². The molecule has 18 heavy (non-hydrogen) atoms. The summed E-state index contributed by atoms with van der Waals surface area (Å²) >= 11 is 0. The molecule has 2 N–H and O–H groups in total. The minimum absolute atomic E-state index is 0.0787. The van der Waals surface area contributed by atoms with Gasteiger partial charge in [-0.15, -0.1) is 0 Å². The highest BCUT2D eigenvalue weighted by molar-refractivity contribution is 7.91. The van der Waals surface area contributed by atoms with E-state index in [1.165, 1.54) is 6.20 Å². The van der Waals surface area contributed by atoms with Crippen molar-refractivity contribution in [1.29, 1.82) is 0 Å². The number of rotatable bonds is 3. The molecule has 1 aromatic heterocycles. The summed E-state index contributed by atoms with van der Waals surface area (Å²) in [5.74, 6) is -0.444. The molecule has 8 heteroatoms. The zero-order valence-corrected chi connectivity index (χ0v) is 10.4. The zero-order chi connectivity index (χ0) is 13.2. The second kappa shape index (κ2) is 4.89. The number of anilines is 1. The molecular weight excluding hydrogens is 258 g/mol. The van der Waals surface area contributed by atoms with Gasteiger partial charge in [0.15, 0.2) is 15.5 Å². The fourth-order valence-electron chi connectivity index (χ4n) is 1.86. The highest BCUT2D eigenvalue weighted by Gasteiger charge is 2.24. The van der Waals surface area contributed by atoms with Crippen molar-refractivity contribution in [3.8, 4) is 0 Å². The van der Waals surface area contributed by atoms with Crippen LogP contribution >= 0.6 is 0 Å². The standard InChI is InChI=1S/C10H13N3O4S/c14-10(15)8-4-12-9(5-11-8)13-7-2-1-3-18(16,17)6-7/h4-5,7H,1-3,6H2,(H,12,13)(H,14,15). The largest absolute Gasteiger partial charge is 0.476 e. The number of carboxylic acid groups (broad SMARTS) is 1. The minimum atomic E-state index is -2.98. The van der Waals surface area contributed by atoms with Crippen LogP contribution in [0.4, 0.5) is 5.82 Å². The number of aromatic nitrogens is 2. The third kappa shape index (κ3) is 3.16. The fourth-order valence-corrected chi connectivity index (χ4v) is 3.50. The van der Waals surface area contributed by atoms with Crippen LogP contribution in [0, 0.1) is 0 Å². The maximum atomic E-state index is 11.4. The predicted octanol–water partition coefficient (Wildman–Crippen LogP) is 0.164. The van der Waals surface area contributed by atoms with Crippen LogP contribution in [0.2, 0.25) is 0 Å². The van der Waals surface area contributed by atoms with Gasteiger partial charge in [-0.1, -0.05) is 0 Å². The van der Waals surface area contributed by atoms with Gasteiger partial charge in [0.25, 0.3) is 0 Å². The lowest BCUT2D eigenvalue weighted by molar-refractivity contribution is 0.0690. The molecule has 0 aromatic carbocycles. The lowest BCUT2D eigenvalue weighted by Crippen LogP contribution is -2.35. The smallest absolute Gasteiger partial charge is 0.356 e. The van der Waals surface area contributed by atoms with Gasteiger partial charge >= 0.3 is 5.97 Å². The molecule has 0 bridgehead atoms. The number of nitrogens with one attached hydrogen (secondary N) is 1. The highest BCUT2D eigenvalue weighted by Crippen LogP contribution is 2.15. The van der Waals surface area contributed by atoms with Crippen LogP contribution in [0.3, 0.4) is 0 Å². The zero-order valence-electron chi connectivity index (χ0n) is 9.54. The summed E-state index contributed by atoms with van der Waals surface area (Å²) in [5.41, 5.74) is -0.142. The first-order chi connectivity index (χ1) is 8.46. The molecule has 1 unspecified atom stereocenters. The molecule has 0 aliphatic carbocycles. The SMILES string of the molecule is O=C(O)c1cnc(NC2CCCS(=O)(=O)C2)cn1. The Bertz CT molecular complexity index is 541. The molecule has 1 fully saturated rings. The summed E-state index contributed by atoms with van der Waals surface area (Å²) < 4.78 is 22.9. The van der Waals surface area contributed by atoms with E-state index in [9.17, 15) is 13.2 Å². The van der Waals surface area contributed by atoms with Gasteiger partial charge in [0.2, 0.25) is 0 Å². The Hall–Kier alpha value is -1.70. The lowest BCUT2D eigenvalue weighted by Gasteiger charge is -2.23. The maximum absolute atomic E-state index is 11.4. The Morgan fingerprint density at radius 3 is 2.72 bits per heavy atom. The van der Waals surface area contributed by atoms with Crippen LogP contribution in [0.1, 0.15) is 23.3 Å². The number of sulfone groups is 1. The third-order valence-electron chi connectivity index (χ3n) is 2.69. The van der Waals surface area contributed by atoms with Gasteiger partial charge in [-0.25, -0.2) is 23.2 Å². The molecule has 2 rings (SSSR count). The van der Waals surface area contributed by atoms with E-state index in [2.05, 4.69) is 15.3 Å². The molecule has 1 saturated heterocycles. The van der Waals surface area contributed by atoms with Crippen LogP contribution in [-0.4, -0.2) is 47.0 Å². The highest BCUT2D eigenvalue weighted by atomic mass is 32.2. The van der Waals surface area contributed by atoms with Crippen molar-refractivity contribution < 1.29 is 18.3 Å². The van der Waals surface area contributed by atoms with E-state index in [0.717, 1.165) is 12.6 Å². The van der Waals surface area contributed by atoms with Gasteiger partial charge in [0.1, 0.15) is 5.82 Å². The van der Waals surface area contributed by atoms with Gasteiger partial charge in [-0.2, -0.15) is 0 Å². The monoisotopic (exact) mass is 271 g/mol. The van der Waals surface area contributed by atoms with Crippen molar-refractivity contribution in [2.45, 2.75) is 18.9 Å². The second-order valence-electron chi connectivity index (χ2n) is 4.19. The maximum Gasteiger partial charge on any atom is 0.356 e. The lowest BCUT2D eigenvalue weighted by atomic mass is 10.2. The van der Waals surface area contributed by atoms with Gasteiger partial charge in [0.05, 0.1) is 23.9 Å². The first-order valence-corrected chi connectivity index (χ1v) is 7.31. The summed E-state index contributed by atoms with van der Waals surface area (Å²) in [5, 5.41) is 11.6. The number of hydrogen-bond acceptors (Lipinski definition) is 6. The quantitative estimate of drug-likeness (QED) is 0.806. The van der Waals surface area contributed by atoms with E-state index in [1.807, 2.05) is 0 Å². The van der Waals surface area contributed by atoms with Gasteiger partial charge < -0.3 is 10.4 Å². The summed E-state index contributed by atoms with van der Waals surface area (Å²) in [6.07, 6.45) is 3.81. The molecule has 1 aromatic rings. The molecule has 1 atom stereocenters. The molecule has 0 amide bonds. The predicted molar refractivity (Wildman–Crippen MR) is 64.3 cm³/mol. The van der Waals surface area contributed by atoms with E-state index in [4.69, 9.17) is 5.11 Å². The van der Waals surface area contributed by atoms with E-state index in [-0.39, 0.29) is 23.2 Å². The van der Waals surface area contributed by atoms with E-state index < -0.39 is 15.8 Å². The normalized spacial score (nSPS) is 22.3. The van der Waals surface area contributed by atoms with Crippen molar-refractivity contribution in [1.82, 2.24) is 9.97 Å². The summed E-state index contributed by atoms with van der Waals surface area (Å²) in [7, 11) is -2.98. The number of carboxylic acids is 1. The van der Waals surface area contributed by atoms with Gasteiger partial charge in [0, 0.05) is 6.04 Å². The molecular formula is C10H13N3O4S.